The SMILES string of the molecule is O=C(CCn1ccc(=O)[nH]c1=O)Nc1cnn(C[C@H]2COc3ccccc3O2)c1. The summed E-state index contributed by atoms with van der Waals surface area (Å²) in [5.74, 6) is 1.15. The number of carbonyl (C=O) groups excluding carboxylic acids is 1. The average Bonchev–Trinajstić information content (AvgIpc) is 3.14. The van der Waals surface area contributed by atoms with Gasteiger partial charge in [-0.2, -0.15) is 5.10 Å². The van der Waals surface area contributed by atoms with Crippen molar-refractivity contribution < 1.29 is 14.3 Å². The number of hydrogen-bond acceptors (Lipinski definition) is 6. The monoisotopic (exact) mass is 397 g/mol. The predicted molar refractivity (Wildman–Crippen MR) is 103 cm³/mol. The maximum atomic E-state index is 12.1. The number of aromatic nitrogens is 4. The fourth-order valence-electron chi connectivity index (χ4n) is 2.96. The van der Waals surface area contributed by atoms with Crippen molar-refractivity contribution in [1.29, 1.82) is 0 Å². The lowest BCUT2D eigenvalue weighted by Gasteiger charge is -2.26. The normalized spacial score (nSPS) is 15.1. The molecule has 0 unspecified atom stereocenters. The van der Waals surface area contributed by atoms with E-state index in [1.807, 2.05) is 24.3 Å². The van der Waals surface area contributed by atoms with E-state index in [4.69, 9.17) is 9.47 Å². The second-order valence-electron chi connectivity index (χ2n) is 6.55. The van der Waals surface area contributed by atoms with Crippen molar-refractivity contribution in [1.82, 2.24) is 19.3 Å². The van der Waals surface area contributed by atoms with Crippen LogP contribution in [-0.2, 0) is 17.9 Å². The number of H-pyrrole nitrogens is 1. The van der Waals surface area contributed by atoms with Crippen molar-refractivity contribution in [2.24, 2.45) is 0 Å². The minimum absolute atomic E-state index is 0.0769. The van der Waals surface area contributed by atoms with E-state index < -0.39 is 11.2 Å². The van der Waals surface area contributed by atoms with Gasteiger partial charge in [0.05, 0.1) is 18.4 Å². The Labute approximate surface area is 164 Å². The van der Waals surface area contributed by atoms with Crippen LogP contribution >= 0.6 is 0 Å². The van der Waals surface area contributed by atoms with Crippen LogP contribution in [0.15, 0.2) is 58.5 Å². The lowest BCUT2D eigenvalue weighted by Crippen LogP contribution is -2.33. The van der Waals surface area contributed by atoms with Gasteiger partial charge >= 0.3 is 5.69 Å². The Morgan fingerprint density at radius 1 is 1.24 bits per heavy atom. The van der Waals surface area contributed by atoms with Gasteiger partial charge in [-0.1, -0.05) is 12.1 Å². The molecule has 0 radical (unpaired) electrons. The molecule has 29 heavy (non-hydrogen) atoms. The number of carbonyl (C=O) groups is 1. The smallest absolute Gasteiger partial charge is 0.328 e. The lowest BCUT2D eigenvalue weighted by molar-refractivity contribution is -0.116. The van der Waals surface area contributed by atoms with Gasteiger partial charge in [0.2, 0.25) is 5.91 Å². The zero-order valence-electron chi connectivity index (χ0n) is 15.4. The standard InChI is InChI=1S/C19H19N5O5/c25-17(5-7-23-8-6-18(26)22-19(23)27)21-13-9-20-24(10-13)11-14-12-28-15-3-1-2-4-16(15)29-14/h1-4,6,8-10,14H,5,7,11-12H2,(H,21,25)(H,22,26,27)/t14-/m0/s1. The Morgan fingerprint density at radius 3 is 2.90 bits per heavy atom. The number of benzene rings is 1. The first-order valence-electron chi connectivity index (χ1n) is 9.07. The number of nitrogens with one attached hydrogen (secondary N) is 2. The van der Waals surface area contributed by atoms with Crippen molar-refractivity contribution in [2.45, 2.75) is 25.6 Å². The summed E-state index contributed by atoms with van der Waals surface area (Å²) in [7, 11) is 0. The summed E-state index contributed by atoms with van der Waals surface area (Å²) in [5, 5.41) is 6.97. The molecule has 3 heterocycles. The predicted octanol–water partition coefficient (Wildman–Crippen LogP) is 0.602. The minimum Gasteiger partial charge on any atom is -0.486 e. The molecular formula is C19H19N5O5. The van der Waals surface area contributed by atoms with Crippen LogP contribution in [-0.4, -0.2) is 37.9 Å². The second kappa shape index (κ2) is 8.05. The molecule has 1 atom stereocenters. The number of aromatic amines is 1. The summed E-state index contributed by atoms with van der Waals surface area (Å²) >= 11 is 0. The molecule has 10 heteroatoms. The number of anilines is 1. The highest BCUT2D eigenvalue weighted by Gasteiger charge is 2.21. The summed E-state index contributed by atoms with van der Waals surface area (Å²) < 4.78 is 14.5. The maximum Gasteiger partial charge on any atom is 0.328 e. The first-order chi connectivity index (χ1) is 14.1. The Kier molecular flexibility index (Phi) is 5.14. The summed E-state index contributed by atoms with van der Waals surface area (Å²) in [6, 6.07) is 8.71. The number of ether oxygens (including phenoxy) is 2. The summed E-state index contributed by atoms with van der Waals surface area (Å²) in [6.07, 6.45) is 4.49. The van der Waals surface area contributed by atoms with Crippen LogP contribution in [0.4, 0.5) is 5.69 Å². The Hall–Kier alpha value is -3.82. The van der Waals surface area contributed by atoms with E-state index in [1.54, 1.807) is 17.1 Å². The number of nitrogens with zero attached hydrogens (tertiary/aromatic N) is 3. The summed E-state index contributed by atoms with van der Waals surface area (Å²) in [4.78, 5) is 36.9. The molecule has 0 bridgehead atoms. The first kappa shape index (κ1) is 18.5. The molecule has 1 aliphatic rings. The third-order valence-corrected chi connectivity index (χ3v) is 4.35. The van der Waals surface area contributed by atoms with E-state index in [0.29, 0.717) is 24.6 Å². The highest BCUT2D eigenvalue weighted by Crippen LogP contribution is 2.31. The van der Waals surface area contributed by atoms with Gasteiger partial charge in [0.25, 0.3) is 5.56 Å². The van der Waals surface area contributed by atoms with E-state index in [1.165, 1.54) is 16.8 Å². The molecule has 2 aromatic heterocycles. The van der Waals surface area contributed by atoms with E-state index in [-0.39, 0.29) is 25.0 Å². The quantitative estimate of drug-likeness (QED) is 0.629. The number of para-hydroxylation sites is 2. The molecule has 0 fully saturated rings. The number of amides is 1. The number of rotatable bonds is 6. The van der Waals surface area contributed by atoms with Crippen LogP contribution in [0.25, 0.3) is 0 Å². The number of fused-ring (bicyclic) bond motifs is 1. The molecule has 1 aromatic carbocycles. The van der Waals surface area contributed by atoms with Gasteiger partial charge in [-0.3, -0.25) is 19.3 Å². The second-order valence-corrected chi connectivity index (χ2v) is 6.55. The van der Waals surface area contributed by atoms with Crippen LogP contribution in [0.2, 0.25) is 0 Å². The number of hydrogen-bond donors (Lipinski definition) is 2. The zero-order chi connectivity index (χ0) is 20.2. The van der Waals surface area contributed by atoms with Gasteiger partial charge < -0.3 is 19.4 Å². The van der Waals surface area contributed by atoms with Crippen molar-refractivity contribution in [3.05, 3.63) is 69.8 Å². The summed E-state index contributed by atoms with van der Waals surface area (Å²) in [6.45, 7) is 1.03. The van der Waals surface area contributed by atoms with Crippen molar-refractivity contribution in [2.75, 3.05) is 11.9 Å². The van der Waals surface area contributed by atoms with Gasteiger partial charge in [0.1, 0.15) is 6.61 Å². The van der Waals surface area contributed by atoms with Crippen LogP contribution in [0.1, 0.15) is 6.42 Å². The highest BCUT2D eigenvalue weighted by atomic mass is 16.6. The van der Waals surface area contributed by atoms with Crippen molar-refractivity contribution >= 4 is 11.6 Å². The van der Waals surface area contributed by atoms with E-state index in [0.717, 1.165) is 5.75 Å². The highest BCUT2D eigenvalue weighted by molar-refractivity contribution is 5.90. The third kappa shape index (κ3) is 4.54. The lowest BCUT2D eigenvalue weighted by atomic mass is 10.2. The molecule has 0 aliphatic carbocycles. The van der Waals surface area contributed by atoms with Gasteiger partial charge in [0, 0.05) is 31.4 Å². The molecule has 10 nitrogen and oxygen atoms in total. The Morgan fingerprint density at radius 2 is 2.07 bits per heavy atom. The Balaban J connectivity index is 1.29. The zero-order valence-corrected chi connectivity index (χ0v) is 15.4. The van der Waals surface area contributed by atoms with Crippen LogP contribution < -0.4 is 26.0 Å². The van der Waals surface area contributed by atoms with Gasteiger partial charge in [-0.25, -0.2) is 4.79 Å². The topological polar surface area (TPSA) is 120 Å². The molecule has 150 valence electrons. The van der Waals surface area contributed by atoms with Gasteiger partial charge in [-0.05, 0) is 12.1 Å². The molecular weight excluding hydrogens is 378 g/mol. The molecule has 1 amide bonds. The first-order valence-corrected chi connectivity index (χ1v) is 9.07. The largest absolute Gasteiger partial charge is 0.486 e. The van der Waals surface area contributed by atoms with Crippen molar-refractivity contribution in [3.8, 4) is 11.5 Å². The summed E-state index contributed by atoms with van der Waals surface area (Å²) in [5.41, 5.74) is -0.478. The molecule has 0 saturated carbocycles. The third-order valence-electron chi connectivity index (χ3n) is 4.35. The van der Waals surface area contributed by atoms with Crippen LogP contribution in [0, 0.1) is 0 Å². The molecule has 2 N–H and O–H groups in total. The van der Waals surface area contributed by atoms with Gasteiger partial charge in [0.15, 0.2) is 17.6 Å². The van der Waals surface area contributed by atoms with E-state index in [9.17, 15) is 14.4 Å². The molecule has 3 aromatic rings. The number of aryl methyl sites for hydroxylation is 1. The van der Waals surface area contributed by atoms with Crippen molar-refractivity contribution in [3.63, 3.8) is 0 Å². The molecule has 0 saturated heterocycles. The van der Waals surface area contributed by atoms with Crippen LogP contribution in [0.5, 0.6) is 11.5 Å². The fraction of sp³-hybridized carbons (Fsp3) is 0.263. The van der Waals surface area contributed by atoms with Gasteiger partial charge in [-0.15, -0.1) is 0 Å². The average molecular weight is 397 g/mol. The molecule has 4 rings (SSSR count). The van der Waals surface area contributed by atoms with E-state index >= 15 is 0 Å². The molecule has 1 aliphatic heterocycles. The maximum absolute atomic E-state index is 12.1. The van der Waals surface area contributed by atoms with Crippen LogP contribution in [0.3, 0.4) is 0 Å². The Bertz CT molecular complexity index is 1130. The minimum atomic E-state index is -0.547. The molecule has 0 spiro atoms. The van der Waals surface area contributed by atoms with E-state index in [2.05, 4.69) is 15.4 Å². The fourth-order valence-corrected chi connectivity index (χ4v) is 2.96.